The molecule has 0 saturated carbocycles. The minimum Gasteiger partial charge on any atom is -0.306 e. The van der Waals surface area contributed by atoms with Gasteiger partial charge in [-0.15, -0.1) is 51.8 Å². The standard InChI is InChI=1S/C41H43N3O2S4/c1-4-7-9-11-13-15-25-43-38(34-23-21-32(49-34)30-19-17-28(6-3)47-30)36-37(41(43)46)39(44(40(36)45)26-16-14-12-10-8-5-2)35-24-22-33(50-35)31-20-18-29(27-42)48-31/h3,17-24H,4-5,7-16,25-26H2,1-2H3. The van der Waals surface area contributed by atoms with E-state index >= 15 is 0 Å². The SMILES string of the molecule is C#Cc1ccc(-c2ccc(C3=C4C(=O)N(CCCCCCCC)C(c5ccc(-c6ccc(C#N)s6)s5)=C4C(=O)N3CCCCCCCC)s2)s1. The minimum atomic E-state index is -0.0733. The normalized spacial score (nSPS) is 14.3. The van der Waals surface area contributed by atoms with Gasteiger partial charge >= 0.3 is 0 Å². The number of rotatable bonds is 18. The molecule has 2 aliphatic rings. The highest BCUT2D eigenvalue weighted by Crippen LogP contribution is 2.50. The summed E-state index contributed by atoms with van der Waals surface area (Å²) in [5, 5.41) is 9.42. The molecule has 0 spiro atoms. The lowest BCUT2D eigenvalue weighted by Gasteiger charge is -2.24. The number of unbranched alkanes of at least 4 members (excludes halogenated alkanes) is 10. The maximum atomic E-state index is 14.7. The Morgan fingerprint density at radius 2 is 0.920 bits per heavy atom. The topological polar surface area (TPSA) is 64.4 Å². The van der Waals surface area contributed by atoms with E-state index in [4.69, 9.17) is 6.42 Å². The van der Waals surface area contributed by atoms with E-state index in [2.05, 4.69) is 50.1 Å². The van der Waals surface area contributed by atoms with Crippen molar-refractivity contribution < 1.29 is 9.59 Å². The van der Waals surface area contributed by atoms with Gasteiger partial charge in [-0.3, -0.25) is 9.59 Å². The summed E-state index contributed by atoms with van der Waals surface area (Å²) in [6.45, 7) is 5.60. The Balaban J connectivity index is 1.41. The first-order chi connectivity index (χ1) is 24.5. The van der Waals surface area contributed by atoms with Gasteiger partial charge in [0.05, 0.1) is 37.2 Å². The average molecular weight is 738 g/mol. The molecular weight excluding hydrogens is 695 g/mol. The van der Waals surface area contributed by atoms with Gasteiger partial charge in [0.15, 0.2) is 0 Å². The van der Waals surface area contributed by atoms with Gasteiger partial charge in [0, 0.05) is 32.6 Å². The van der Waals surface area contributed by atoms with Gasteiger partial charge in [-0.1, -0.05) is 84.0 Å². The third-order valence-electron chi connectivity index (χ3n) is 9.28. The number of terminal acetylenes is 1. The van der Waals surface area contributed by atoms with Gasteiger partial charge in [0.1, 0.15) is 10.9 Å². The van der Waals surface area contributed by atoms with Crippen LogP contribution in [0.5, 0.6) is 0 Å². The molecule has 2 aliphatic heterocycles. The molecule has 0 atom stereocenters. The zero-order chi connectivity index (χ0) is 35.0. The molecule has 50 heavy (non-hydrogen) atoms. The summed E-state index contributed by atoms with van der Waals surface area (Å²) in [7, 11) is 0. The van der Waals surface area contributed by atoms with Crippen LogP contribution in [0.1, 0.15) is 110 Å². The van der Waals surface area contributed by atoms with Crippen molar-refractivity contribution in [3.8, 4) is 37.9 Å². The van der Waals surface area contributed by atoms with Crippen LogP contribution in [0.3, 0.4) is 0 Å². The molecule has 258 valence electrons. The number of nitrogens with zero attached hydrogens (tertiary/aromatic N) is 3. The predicted octanol–water partition coefficient (Wildman–Crippen LogP) is 11.6. The number of nitriles is 1. The maximum Gasteiger partial charge on any atom is 0.261 e. The van der Waals surface area contributed by atoms with Crippen molar-refractivity contribution in [2.24, 2.45) is 0 Å². The fourth-order valence-corrected chi connectivity index (χ4v) is 10.6. The highest BCUT2D eigenvalue weighted by atomic mass is 32.1. The summed E-state index contributed by atoms with van der Waals surface area (Å²) in [6, 6.07) is 18.3. The Hall–Kier alpha value is -3.73. The fraction of sp³-hybridized carbons (Fsp3) is 0.390. The second kappa shape index (κ2) is 17.0. The van der Waals surface area contributed by atoms with E-state index in [0.717, 1.165) is 84.1 Å². The van der Waals surface area contributed by atoms with E-state index in [9.17, 15) is 14.9 Å². The predicted molar refractivity (Wildman–Crippen MR) is 212 cm³/mol. The largest absolute Gasteiger partial charge is 0.306 e. The highest BCUT2D eigenvalue weighted by molar-refractivity contribution is 7.23. The summed E-state index contributed by atoms with van der Waals surface area (Å²) in [5.41, 5.74) is 2.59. The van der Waals surface area contributed by atoms with E-state index in [1.54, 1.807) is 34.0 Å². The number of thiophene rings is 4. The molecular formula is C41H43N3O2S4. The molecule has 0 fully saturated rings. The van der Waals surface area contributed by atoms with Gasteiger partial charge in [-0.05, 0) is 61.4 Å². The summed E-state index contributed by atoms with van der Waals surface area (Å²) in [4.78, 5) is 40.8. The second-order valence-electron chi connectivity index (χ2n) is 12.8. The zero-order valence-corrected chi connectivity index (χ0v) is 32.2. The fourth-order valence-electron chi connectivity index (χ4n) is 6.71. The van der Waals surface area contributed by atoms with Crippen LogP contribution in [0.15, 0.2) is 59.7 Å². The molecule has 0 N–H and O–H groups in total. The van der Waals surface area contributed by atoms with Crippen molar-refractivity contribution in [2.75, 3.05) is 13.1 Å². The van der Waals surface area contributed by atoms with Crippen LogP contribution >= 0.6 is 45.3 Å². The molecule has 6 rings (SSSR count). The number of hydrogen-bond donors (Lipinski definition) is 0. The molecule has 9 heteroatoms. The van der Waals surface area contributed by atoms with Crippen LogP contribution in [0.4, 0.5) is 0 Å². The summed E-state index contributed by atoms with van der Waals surface area (Å²) in [5.74, 6) is 2.59. The minimum absolute atomic E-state index is 0.0733. The van der Waals surface area contributed by atoms with E-state index < -0.39 is 0 Å². The Kier molecular flexibility index (Phi) is 12.3. The van der Waals surface area contributed by atoms with Crippen LogP contribution in [0.25, 0.3) is 30.9 Å². The number of carbonyl (C=O) groups is 2. The van der Waals surface area contributed by atoms with E-state index in [1.165, 1.54) is 49.9 Å². The van der Waals surface area contributed by atoms with Crippen LogP contribution in [0, 0.1) is 23.7 Å². The highest BCUT2D eigenvalue weighted by Gasteiger charge is 2.49. The van der Waals surface area contributed by atoms with Crippen LogP contribution < -0.4 is 0 Å². The first kappa shape index (κ1) is 36.1. The molecule has 4 aromatic heterocycles. The Morgan fingerprint density at radius 3 is 1.34 bits per heavy atom. The summed E-state index contributed by atoms with van der Waals surface area (Å²) < 4.78 is 0. The smallest absolute Gasteiger partial charge is 0.261 e. The van der Waals surface area contributed by atoms with Gasteiger partial charge in [0.2, 0.25) is 0 Å². The van der Waals surface area contributed by atoms with Gasteiger partial charge in [-0.2, -0.15) is 5.26 Å². The molecule has 4 aromatic rings. The van der Waals surface area contributed by atoms with Crippen molar-refractivity contribution in [1.29, 1.82) is 5.26 Å². The lowest BCUT2D eigenvalue weighted by atomic mass is 10.1. The average Bonchev–Trinajstić information content (AvgIpc) is 3.98. The van der Waals surface area contributed by atoms with E-state index in [-0.39, 0.29) is 11.8 Å². The van der Waals surface area contributed by atoms with Crippen molar-refractivity contribution in [3.05, 3.63) is 79.2 Å². The quantitative estimate of drug-likeness (QED) is 0.0754. The monoisotopic (exact) mass is 737 g/mol. The lowest BCUT2D eigenvalue weighted by molar-refractivity contribution is -0.124. The van der Waals surface area contributed by atoms with Crippen molar-refractivity contribution in [2.45, 2.75) is 90.9 Å². The first-order valence-electron chi connectivity index (χ1n) is 17.9. The van der Waals surface area contributed by atoms with Gasteiger partial charge < -0.3 is 9.80 Å². The van der Waals surface area contributed by atoms with Crippen molar-refractivity contribution in [3.63, 3.8) is 0 Å². The number of fused-ring (bicyclic) bond motifs is 1. The Bertz CT molecular complexity index is 1850. The molecule has 0 aromatic carbocycles. The molecule has 0 saturated heterocycles. The third-order valence-corrected chi connectivity index (χ3v) is 13.9. The number of amides is 2. The molecule has 5 nitrogen and oxygen atoms in total. The lowest BCUT2D eigenvalue weighted by Crippen LogP contribution is -2.30. The van der Waals surface area contributed by atoms with Crippen molar-refractivity contribution >= 4 is 68.6 Å². The molecule has 0 aliphatic carbocycles. The summed E-state index contributed by atoms with van der Waals surface area (Å²) >= 11 is 6.26. The molecule has 6 heterocycles. The molecule has 0 unspecified atom stereocenters. The number of hydrogen-bond acceptors (Lipinski definition) is 7. The second-order valence-corrected chi connectivity index (χ2v) is 17.1. The van der Waals surface area contributed by atoms with E-state index in [0.29, 0.717) is 29.1 Å². The van der Waals surface area contributed by atoms with Crippen LogP contribution in [-0.2, 0) is 9.59 Å². The third kappa shape index (κ3) is 7.62. The summed E-state index contributed by atoms with van der Waals surface area (Å²) in [6.07, 6.45) is 19.1. The Morgan fingerprint density at radius 1 is 0.540 bits per heavy atom. The molecule has 0 bridgehead atoms. The number of carbonyl (C=O) groups excluding carboxylic acids is 2. The van der Waals surface area contributed by atoms with Crippen LogP contribution in [-0.4, -0.2) is 34.7 Å². The first-order valence-corrected chi connectivity index (χ1v) is 21.2. The zero-order valence-electron chi connectivity index (χ0n) is 28.9. The Labute approximate surface area is 312 Å². The van der Waals surface area contributed by atoms with Gasteiger partial charge in [-0.25, -0.2) is 0 Å². The van der Waals surface area contributed by atoms with Crippen molar-refractivity contribution in [1.82, 2.24) is 9.80 Å². The van der Waals surface area contributed by atoms with Gasteiger partial charge in [0.25, 0.3) is 11.8 Å². The maximum absolute atomic E-state index is 14.7. The molecule has 2 amide bonds. The molecule has 0 radical (unpaired) electrons. The van der Waals surface area contributed by atoms with Crippen LogP contribution in [0.2, 0.25) is 0 Å². The van der Waals surface area contributed by atoms with E-state index in [1.807, 2.05) is 34.1 Å².